The largest absolute Gasteiger partial charge is 0.368 e. The van der Waals surface area contributed by atoms with E-state index in [1.54, 1.807) is 18.2 Å². The smallest absolute Gasteiger partial charge is 0.255 e. The van der Waals surface area contributed by atoms with Gasteiger partial charge in [-0.2, -0.15) is 4.31 Å². The number of carbonyl (C=O) groups is 1. The summed E-state index contributed by atoms with van der Waals surface area (Å²) in [5.74, 6) is -1.40. The van der Waals surface area contributed by atoms with Gasteiger partial charge in [-0.05, 0) is 48.9 Å². The molecule has 3 aromatic rings. The Morgan fingerprint density at radius 2 is 1.64 bits per heavy atom. The maximum Gasteiger partial charge on any atom is 0.255 e. The zero-order valence-electron chi connectivity index (χ0n) is 18.0. The van der Waals surface area contributed by atoms with Gasteiger partial charge in [-0.1, -0.05) is 41.9 Å². The van der Waals surface area contributed by atoms with Crippen LogP contribution in [0.1, 0.15) is 15.9 Å². The molecule has 0 spiro atoms. The summed E-state index contributed by atoms with van der Waals surface area (Å²) < 4.78 is 42.3. The third kappa shape index (κ3) is 4.88. The number of carbonyl (C=O) groups excluding carboxylic acids is 1. The molecule has 9 heteroatoms. The number of rotatable bonds is 5. The van der Waals surface area contributed by atoms with E-state index < -0.39 is 26.6 Å². The van der Waals surface area contributed by atoms with E-state index in [9.17, 15) is 17.6 Å². The number of hydrogen-bond acceptors (Lipinski definition) is 4. The molecule has 4 rings (SSSR count). The highest BCUT2D eigenvalue weighted by molar-refractivity contribution is 7.89. The van der Waals surface area contributed by atoms with Crippen LogP contribution < -0.4 is 10.2 Å². The van der Waals surface area contributed by atoms with E-state index in [4.69, 9.17) is 11.6 Å². The minimum Gasteiger partial charge on any atom is -0.368 e. The van der Waals surface area contributed by atoms with Crippen molar-refractivity contribution in [1.29, 1.82) is 0 Å². The topological polar surface area (TPSA) is 69.7 Å². The first-order valence-corrected chi connectivity index (χ1v) is 12.3. The summed E-state index contributed by atoms with van der Waals surface area (Å²) in [7, 11) is -4.13. The zero-order chi connectivity index (χ0) is 23.6. The Morgan fingerprint density at radius 3 is 2.33 bits per heavy atom. The third-order valence-corrected chi connectivity index (χ3v) is 7.87. The molecule has 0 atom stereocenters. The molecule has 6 nitrogen and oxygen atoms in total. The predicted octanol–water partition coefficient (Wildman–Crippen LogP) is 4.55. The molecule has 172 valence electrons. The van der Waals surface area contributed by atoms with E-state index in [-0.39, 0.29) is 18.7 Å². The molecule has 1 amide bonds. The number of sulfonamides is 1. The lowest BCUT2D eigenvalue weighted by Gasteiger charge is -2.35. The number of halogens is 2. The second kappa shape index (κ2) is 9.51. The fourth-order valence-electron chi connectivity index (χ4n) is 3.77. The number of piperazine rings is 1. The fourth-order valence-corrected chi connectivity index (χ4v) is 5.53. The van der Waals surface area contributed by atoms with Gasteiger partial charge in [0.25, 0.3) is 5.91 Å². The summed E-state index contributed by atoms with van der Waals surface area (Å²) >= 11 is 6.25. The minimum absolute atomic E-state index is 0.0629. The van der Waals surface area contributed by atoms with Gasteiger partial charge in [-0.15, -0.1) is 0 Å². The second-order valence-corrected chi connectivity index (χ2v) is 10.1. The van der Waals surface area contributed by atoms with Crippen molar-refractivity contribution < 1.29 is 17.6 Å². The van der Waals surface area contributed by atoms with Crippen LogP contribution in [0.15, 0.2) is 71.6 Å². The number of anilines is 2. The molecule has 0 aromatic heterocycles. The predicted molar refractivity (Wildman–Crippen MR) is 128 cm³/mol. The van der Waals surface area contributed by atoms with Crippen LogP contribution in [0.2, 0.25) is 5.02 Å². The highest BCUT2D eigenvalue weighted by Crippen LogP contribution is 2.28. The SMILES string of the molecule is Cc1ccccc1NC(=O)c1ccc(F)c(S(=O)(=O)N2CCN(c3ccccc3Cl)CC2)c1. The molecule has 1 saturated heterocycles. The summed E-state index contributed by atoms with van der Waals surface area (Å²) in [4.78, 5) is 14.2. The van der Waals surface area contributed by atoms with Crippen LogP contribution in [0.3, 0.4) is 0 Å². The van der Waals surface area contributed by atoms with Crippen molar-refractivity contribution in [3.63, 3.8) is 0 Å². The normalized spacial score (nSPS) is 14.8. The van der Waals surface area contributed by atoms with Gasteiger partial charge >= 0.3 is 0 Å². The van der Waals surface area contributed by atoms with E-state index >= 15 is 0 Å². The Kier molecular flexibility index (Phi) is 6.69. The molecule has 1 heterocycles. The van der Waals surface area contributed by atoms with Crippen LogP contribution in [0.4, 0.5) is 15.8 Å². The van der Waals surface area contributed by atoms with Crippen LogP contribution >= 0.6 is 11.6 Å². The number of aryl methyl sites for hydroxylation is 1. The lowest BCUT2D eigenvalue weighted by molar-refractivity contribution is 0.102. The molecule has 3 aromatic carbocycles. The van der Waals surface area contributed by atoms with Gasteiger partial charge < -0.3 is 10.2 Å². The van der Waals surface area contributed by atoms with Crippen molar-refractivity contribution in [1.82, 2.24) is 4.31 Å². The number of nitrogens with zero attached hydrogens (tertiary/aromatic N) is 2. The van der Waals surface area contributed by atoms with Gasteiger partial charge in [0, 0.05) is 37.4 Å². The molecule has 33 heavy (non-hydrogen) atoms. The van der Waals surface area contributed by atoms with Crippen LogP contribution in [0, 0.1) is 12.7 Å². The molecular weight excluding hydrogens is 465 g/mol. The average Bonchev–Trinajstić information content (AvgIpc) is 2.81. The van der Waals surface area contributed by atoms with Crippen LogP contribution in [0.5, 0.6) is 0 Å². The lowest BCUT2D eigenvalue weighted by Crippen LogP contribution is -2.48. The van der Waals surface area contributed by atoms with Crippen molar-refractivity contribution in [3.8, 4) is 0 Å². The average molecular weight is 488 g/mol. The molecule has 0 saturated carbocycles. The van der Waals surface area contributed by atoms with Gasteiger partial charge in [0.15, 0.2) is 0 Å². The quantitative estimate of drug-likeness (QED) is 0.573. The second-order valence-electron chi connectivity index (χ2n) is 7.76. The Morgan fingerprint density at radius 1 is 0.970 bits per heavy atom. The Hall–Kier alpha value is -2.94. The van der Waals surface area contributed by atoms with Crippen LogP contribution in [-0.2, 0) is 10.0 Å². The summed E-state index contributed by atoms with van der Waals surface area (Å²) in [6, 6.07) is 18.0. The van der Waals surface area contributed by atoms with Crippen molar-refractivity contribution in [2.45, 2.75) is 11.8 Å². The molecule has 1 N–H and O–H groups in total. The summed E-state index contributed by atoms with van der Waals surface area (Å²) in [6.45, 7) is 3.02. The van der Waals surface area contributed by atoms with Crippen LogP contribution in [0.25, 0.3) is 0 Å². The summed E-state index contributed by atoms with van der Waals surface area (Å²) in [5, 5.41) is 3.33. The first-order valence-electron chi connectivity index (χ1n) is 10.4. The molecule has 0 aliphatic carbocycles. The molecule has 1 aliphatic rings. The maximum absolute atomic E-state index is 14.6. The maximum atomic E-state index is 14.6. The number of benzene rings is 3. The zero-order valence-corrected chi connectivity index (χ0v) is 19.5. The molecular formula is C24H23ClFN3O3S. The highest BCUT2D eigenvalue weighted by Gasteiger charge is 2.31. The summed E-state index contributed by atoms with van der Waals surface area (Å²) in [6.07, 6.45) is 0. The third-order valence-electron chi connectivity index (χ3n) is 5.64. The minimum atomic E-state index is -4.13. The van der Waals surface area contributed by atoms with E-state index in [2.05, 4.69) is 5.32 Å². The van der Waals surface area contributed by atoms with Crippen molar-refractivity contribution in [2.75, 3.05) is 36.4 Å². The summed E-state index contributed by atoms with van der Waals surface area (Å²) in [5.41, 5.74) is 2.36. The Balaban J connectivity index is 1.53. The highest BCUT2D eigenvalue weighted by atomic mass is 35.5. The number of nitrogens with one attached hydrogen (secondary N) is 1. The number of hydrogen-bond donors (Lipinski definition) is 1. The Bertz CT molecular complexity index is 1290. The van der Waals surface area contributed by atoms with Gasteiger partial charge in [0.2, 0.25) is 10.0 Å². The van der Waals surface area contributed by atoms with E-state index in [0.29, 0.717) is 23.8 Å². The fraction of sp³-hybridized carbons (Fsp3) is 0.208. The standard InChI is InChI=1S/C24H23ClFN3O3S/c1-17-6-2-4-8-21(17)27-24(30)18-10-11-20(26)23(16-18)33(31,32)29-14-12-28(13-15-29)22-9-5-3-7-19(22)25/h2-11,16H,12-15H2,1H3,(H,27,30). The molecule has 1 aliphatic heterocycles. The Labute approximate surface area is 197 Å². The van der Waals surface area contributed by atoms with E-state index in [1.807, 2.05) is 42.2 Å². The van der Waals surface area contributed by atoms with Crippen molar-refractivity contribution >= 4 is 38.9 Å². The van der Waals surface area contributed by atoms with E-state index in [0.717, 1.165) is 23.4 Å². The van der Waals surface area contributed by atoms with Gasteiger partial charge in [0.1, 0.15) is 10.7 Å². The molecule has 0 unspecified atom stereocenters. The first-order chi connectivity index (χ1) is 15.8. The van der Waals surface area contributed by atoms with Crippen molar-refractivity contribution in [2.24, 2.45) is 0 Å². The van der Waals surface area contributed by atoms with Gasteiger partial charge in [-0.25, -0.2) is 12.8 Å². The number of amides is 1. The van der Waals surface area contributed by atoms with Gasteiger partial charge in [-0.3, -0.25) is 4.79 Å². The van der Waals surface area contributed by atoms with Gasteiger partial charge in [0.05, 0.1) is 10.7 Å². The van der Waals surface area contributed by atoms with Crippen LogP contribution in [-0.4, -0.2) is 44.8 Å². The molecule has 1 fully saturated rings. The first kappa shape index (κ1) is 23.2. The monoisotopic (exact) mass is 487 g/mol. The van der Waals surface area contributed by atoms with E-state index in [1.165, 1.54) is 10.4 Å². The molecule has 0 bridgehead atoms. The van der Waals surface area contributed by atoms with Crippen molar-refractivity contribution in [3.05, 3.63) is 88.7 Å². The lowest BCUT2D eigenvalue weighted by atomic mass is 10.1. The molecule has 0 radical (unpaired) electrons. The number of para-hydroxylation sites is 2.